The Bertz CT molecular complexity index is 614. The molecule has 6 heteroatoms. The lowest BCUT2D eigenvalue weighted by molar-refractivity contribution is 0.0659. The quantitative estimate of drug-likeness (QED) is 0.850. The summed E-state index contributed by atoms with van der Waals surface area (Å²) >= 11 is 0. The molecule has 0 atom stereocenters. The summed E-state index contributed by atoms with van der Waals surface area (Å²) < 4.78 is 13.8. The topological polar surface area (TPSA) is 43.9 Å². The van der Waals surface area contributed by atoms with Crippen molar-refractivity contribution in [2.24, 2.45) is 0 Å². The highest BCUT2D eigenvalue weighted by Gasteiger charge is 2.35. The first kappa shape index (κ1) is 16.7. The Kier molecular flexibility index (Phi) is 5.02. The summed E-state index contributed by atoms with van der Waals surface area (Å²) in [6.07, 6.45) is 2.48. The molecule has 1 aromatic rings. The van der Waals surface area contributed by atoms with E-state index in [4.69, 9.17) is 0 Å². The predicted molar refractivity (Wildman–Crippen MR) is 89.3 cm³/mol. The Labute approximate surface area is 142 Å². The largest absolute Gasteiger partial charge is 0.338 e. The van der Waals surface area contributed by atoms with Crippen molar-refractivity contribution in [3.63, 3.8) is 0 Å². The molecule has 0 spiro atoms. The second kappa shape index (κ2) is 7.20. The van der Waals surface area contributed by atoms with E-state index in [2.05, 4.69) is 6.92 Å². The molecule has 1 aromatic carbocycles. The highest BCUT2D eigenvalue weighted by Crippen LogP contribution is 2.23. The van der Waals surface area contributed by atoms with E-state index in [1.54, 1.807) is 17.0 Å². The molecule has 2 saturated heterocycles. The molecule has 0 saturated carbocycles. The molecular weight excluding hydrogens is 309 g/mol. The number of piperidine rings is 1. The van der Waals surface area contributed by atoms with Gasteiger partial charge in [-0.2, -0.15) is 0 Å². The molecular formula is C18H24FN3O2. The van der Waals surface area contributed by atoms with Gasteiger partial charge in [-0.05, 0) is 31.4 Å². The number of amides is 3. The minimum Gasteiger partial charge on any atom is -0.338 e. The summed E-state index contributed by atoms with van der Waals surface area (Å²) in [6, 6.07) is 6.40. The van der Waals surface area contributed by atoms with Crippen molar-refractivity contribution >= 4 is 11.9 Å². The lowest BCUT2D eigenvalue weighted by Crippen LogP contribution is -2.48. The summed E-state index contributed by atoms with van der Waals surface area (Å²) in [5.74, 6) is -0.735. The number of nitrogens with zero attached hydrogens (tertiary/aromatic N) is 3. The van der Waals surface area contributed by atoms with Gasteiger partial charge in [-0.25, -0.2) is 9.18 Å². The molecule has 3 rings (SSSR count). The minimum absolute atomic E-state index is 0.121. The highest BCUT2D eigenvalue weighted by molar-refractivity contribution is 5.94. The van der Waals surface area contributed by atoms with E-state index in [9.17, 15) is 14.0 Å². The summed E-state index contributed by atoms with van der Waals surface area (Å²) in [7, 11) is 0. The number of urea groups is 1. The number of benzene rings is 1. The lowest BCUT2D eigenvalue weighted by Gasteiger charge is -2.36. The van der Waals surface area contributed by atoms with E-state index in [0.717, 1.165) is 38.9 Å². The summed E-state index contributed by atoms with van der Waals surface area (Å²) in [5, 5.41) is 0. The number of rotatable bonds is 4. The molecule has 3 amide bonds. The highest BCUT2D eigenvalue weighted by atomic mass is 19.1. The van der Waals surface area contributed by atoms with Gasteiger partial charge in [0.15, 0.2) is 0 Å². The van der Waals surface area contributed by atoms with Gasteiger partial charge in [-0.1, -0.05) is 19.1 Å². The van der Waals surface area contributed by atoms with E-state index in [-0.39, 0.29) is 23.5 Å². The first-order valence-electron chi connectivity index (χ1n) is 8.71. The van der Waals surface area contributed by atoms with Crippen LogP contribution in [-0.2, 0) is 0 Å². The Morgan fingerprint density at radius 2 is 1.88 bits per heavy atom. The van der Waals surface area contributed by atoms with Gasteiger partial charge in [0.1, 0.15) is 5.82 Å². The Hall–Kier alpha value is -2.11. The third kappa shape index (κ3) is 3.23. The number of halogens is 1. The first-order chi connectivity index (χ1) is 11.6. The van der Waals surface area contributed by atoms with Gasteiger partial charge >= 0.3 is 6.03 Å². The standard InChI is InChI=1S/C18H24FN3O2/c1-2-9-21-12-13-22(18(21)24)14-7-10-20(11-8-14)17(23)15-5-3-4-6-16(15)19/h3-6,14H,2,7-13H2,1H3. The van der Waals surface area contributed by atoms with Gasteiger partial charge in [0.2, 0.25) is 0 Å². The molecule has 0 aliphatic carbocycles. The summed E-state index contributed by atoms with van der Waals surface area (Å²) in [4.78, 5) is 30.4. The molecule has 2 aliphatic rings. The van der Waals surface area contributed by atoms with Crippen molar-refractivity contribution < 1.29 is 14.0 Å². The van der Waals surface area contributed by atoms with Gasteiger partial charge in [0.25, 0.3) is 5.91 Å². The van der Waals surface area contributed by atoms with Crippen LogP contribution >= 0.6 is 0 Å². The third-order valence-corrected chi connectivity index (χ3v) is 4.92. The fourth-order valence-electron chi connectivity index (χ4n) is 3.60. The maximum absolute atomic E-state index is 13.8. The molecule has 5 nitrogen and oxygen atoms in total. The third-order valence-electron chi connectivity index (χ3n) is 4.92. The fraction of sp³-hybridized carbons (Fsp3) is 0.556. The summed E-state index contributed by atoms with van der Waals surface area (Å²) in [5.41, 5.74) is 0.127. The smallest absolute Gasteiger partial charge is 0.320 e. The van der Waals surface area contributed by atoms with Crippen molar-refractivity contribution in [3.8, 4) is 0 Å². The van der Waals surface area contributed by atoms with Crippen molar-refractivity contribution in [2.45, 2.75) is 32.2 Å². The summed E-state index contributed by atoms with van der Waals surface area (Å²) in [6.45, 7) is 5.57. The molecule has 0 aromatic heterocycles. The van der Waals surface area contributed by atoms with Gasteiger partial charge in [-0.15, -0.1) is 0 Å². The average Bonchev–Trinajstić information content (AvgIpc) is 2.96. The minimum atomic E-state index is -0.477. The van der Waals surface area contributed by atoms with Crippen molar-refractivity contribution in [1.29, 1.82) is 0 Å². The van der Waals surface area contributed by atoms with Crippen molar-refractivity contribution in [3.05, 3.63) is 35.6 Å². The maximum atomic E-state index is 13.8. The van der Waals surface area contributed by atoms with E-state index < -0.39 is 5.82 Å². The van der Waals surface area contributed by atoms with Crippen LogP contribution in [0.25, 0.3) is 0 Å². The normalized spacial score (nSPS) is 19.2. The van der Waals surface area contributed by atoms with Gasteiger partial charge < -0.3 is 14.7 Å². The van der Waals surface area contributed by atoms with Crippen molar-refractivity contribution in [2.75, 3.05) is 32.7 Å². The molecule has 0 bridgehead atoms. The molecule has 2 aliphatic heterocycles. The Morgan fingerprint density at radius 1 is 1.17 bits per heavy atom. The molecule has 0 radical (unpaired) electrons. The monoisotopic (exact) mass is 333 g/mol. The number of likely N-dealkylation sites (tertiary alicyclic amines) is 1. The first-order valence-corrected chi connectivity index (χ1v) is 8.71. The van der Waals surface area contributed by atoms with Crippen LogP contribution in [0.5, 0.6) is 0 Å². The molecule has 2 heterocycles. The zero-order valence-corrected chi connectivity index (χ0v) is 14.1. The van der Waals surface area contributed by atoms with Crippen molar-refractivity contribution in [1.82, 2.24) is 14.7 Å². The molecule has 2 fully saturated rings. The SMILES string of the molecule is CCCN1CCN(C2CCN(C(=O)c3ccccc3F)CC2)C1=O. The van der Waals surface area contributed by atoms with E-state index >= 15 is 0 Å². The molecule has 130 valence electrons. The van der Waals surface area contributed by atoms with Crippen LogP contribution in [0.2, 0.25) is 0 Å². The molecule has 24 heavy (non-hydrogen) atoms. The predicted octanol–water partition coefficient (Wildman–Crippen LogP) is 2.58. The number of carbonyl (C=O) groups is 2. The van der Waals surface area contributed by atoms with Gasteiger partial charge in [0, 0.05) is 38.8 Å². The van der Waals surface area contributed by atoms with Crippen LogP contribution in [0.1, 0.15) is 36.5 Å². The maximum Gasteiger partial charge on any atom is 0.320 e. The lowest BCUT2D eigenvalue weighted by atomic mass is 10.0. The average molecular weight is 333 g/mol. The number of hydrogen-bond acceptors (Lipinski definition) is 2. The Morgan fingerprint density at radius 3 is 2.54 bits per heavy atom. The number of hydrogen-bond donors (Lipinski definition) is 0. The molecule has 0 N–H and O–H groups in total. The zero-order valence-electron chi connectivity index (χ0n) is 14.1. The second-order valence-electron chi connectivity index (χ2n) is 6.47. The van der Waals surface area contributed by atoms with Crippen LogP contribution in [0.4, 0.5) is 9.18 Å². The van der Waals surface area contributed by atoms with Crippen LogP contribution in [0, 0.1) is 5.82 Å². The van der Waals surface area contributed by atoms with E-state index in [1.165, 1.54) is 12.1 Å². The van der Waals surface area contributed by atoms with Gasteiger partial charge in [0.05, 0.1) is 5.56 Å². The van der Waals surface area contributed by atoms with Crippen LogP contribution in [0.3, 0.4) is 0 Å². The fourth-order valence-corrected chi connectivity index (χ4v) is 3.60. The Balaban J connectivity index is 1.57. The van der Waals surface area contributed by atoms with Crippen LogP contribution in [0.15, 0.2) is 24.3 Å². The van der Waals surface area contributed by atoms with Crippen LogP contribution in [-0.4, -0.2) is 65.4 Å². The second-order valence-corrected chi connectivity index (χ2v) is 6.47. The zero-order chi connectivity index (χ0) is 17.1. The van der Waals surface area contributed by atoms with E-state index in [1.807, 2.05) is 9.80 Å². The van der Waals surface area contributed by atoms with E-state index in [0.29, 0.717) is 13.1 Å². The molecule has 0 unspecified atom stereocenters. The van der Waals surface area contributed by atoms with Crippen LogP contribution < -0.4 is 0 Å². The number of carbonyl (C=O) groups excluding carboxylic acids is 2. The van der Waals surface area contributed by atoms with Gasteiger partial charge in [-0.3, -0.25) is 4.79 Å².